The van der Waals surface area contributed by atoms with E-state index in [4.69, 9.17) is 12.2 Å². The summed E-state index contributed by atoms with van der Waals surface area (Å²) < 4.78 is 0.872. The SMILES string of the molecule is CCN1C(=O)C(=C2SC(=S)N(C(C)C(=O)[O-])C2=O)c2cc(Br)ccc21. The molecule has 1 fully saturated rings. The number of thioether (sulfide) groups is 1. The summed E-state index contributed by atoms with van der Waals surface area (Å²) in [6, 6.07) is 4.19. The lowest BCUT2D eigenvalue weighted by Crippen LogP contribution is -2.48. The Labute approximate surface area is 162 Å². The summed E-state index contributed by atoms with van der Waals surface area (Å²) in [5, 5.41) is 11.1. The third-order valence-corrected chi connectivity index (χ3v) is 5.94. The molecule has 1 aromatic rings. The van der Waals surface area contributed by atoms with Crippen LogP contribution in [0.2, 0.25) is 0 Å². The number of thiocarbonyl (C=S) groups is 1. The molecule has 25 heavy (non-hydrogen) atoms. The van der Waals surface area contributed by atoms with Crippen LogP contribution in [0.25, 0.3) is 5.57 Å². The van der Waals surface area contributed by atoms with Crippen LogP contribution in [-0.2, 0) is 14.4 Å². The van der Waals surface area contributed by atoms with Crippen molar-refractivity contribution in [1.82, 2.24) is 4.90 Å². The zero-order chi connectivity index (χ0) is 18.5. The summed E-state index contributed by atoms with van der Waals surface area (Å²) in [4.78, 5) is 39.5. The van der Waals surface area contributed by atoms with E-state index in [1.807, 2.05) is 13.0 Å². The van der Waals surface area contributed by atoms with Gasteiger partial charge in [0.2, 0.25) is 0 Å². The fourth-order valence-electron chi connectivity index (χ4n) is 2.81. The maximum absolute atomic E-state index is 12.9. The van der Waals surface area contributed by atoms with Gasteiger partial charge in [-0.15, -0.1) is 0 Å². The third kappa shape index (κ3) is 2.80. The number of carboxylic acid groups (broad SMARTS) is 1. The van der Waals surface area contributed by atoms with Crippen molar-refractivity contribution in [2.75, 3.05) is 11.4 Å². The number of likely N-dealkylation sites (N-methyl/N-ethyl adjacent to an activating group) is 1. The van der Waals surface area contributed by atoms with Crippen LogP contribution in [0, 0.1) is 0 Å². The molecular weight excluding hydrogens is 428 g/mol. The van der Waals surface area contributed by atoms with E-state index < -0.39 is 17.9 Å². The predicted molar refractivity (Wildman–Crippen MR) is 101 cm³/mol. The summed E-state index contributed by atoms with van der Waals surface area (Å²) in [5.41, 5.74) is 1.59. The van der Waals surface area contributed by atoms with Gasteiger partial charge in [0.25, 0.3) is 11.8 Å². The molecule has 0 aliphatic carbocycles. The van der Waals surface area contributed by atoms with Gasteiger partial charge < -0.3 is 14.8 Å². The fourth-order valence-corrected chi connectivity index (χ4v) is 4.66. The number of hydrogen-bond donors (Lipinski definition) is 0. The second kappa shape index (κ2) is 6.54. The van der Waals surface area contributed by atoms with E-state index in [2.05, 4.69) is 15.9 Å². The molecule has 6 nitrogen and oxygen atoms in total. The van der Waals surface area contributed by atoms with Crippen molar-refractivity contribution in [3.05, 3.63) is 33.1 Å². The first-order valence-corrected chi connectivity index (χ1v) is 9.42. The van der Waals surface area contributed by atoms with Crippen LogP contribution >= 0.6 is 39.9 Å². The van der Waals surface area contributed by atoms with E-state index in [0.717, 1.165) is 21.1 Å². The van der Waals surface area contributed by atoms with E-state index in [9.17, 15) is 19.5 Å². The monoisotopic (exact) mass is 439 g/mol. The van der Waals surface area contributed by atoms with Gasteiger partial charge in [-0.1, -0.05) is 39.9 Å². The lowest BCUT2D eigenvalue weighted by molar-refractivity contribution is -0.309. The zero-order valence-corrected chi connectivity index (χ0v) is 16.5. The third-order valence-electron chi connectivity index (χ3n) is 4.05. The average molecular weight is 440 g/mol. The molecule has 1 unspecified atom stereocenters. The minimum Gasteiger partial charge on any atom is -0.548 e. The number of nitrogens with zero attached hydrogens (tertiary/aromatic N) is 2. The lowest BCUT2D eigenvalue weighted by Gasteiger charge is -2.23. The maximum atomic E-state index is 12.9. The van der Waals surface area contributed by atoms with Crippen LogP contribution in [0.5, 0.6) is 0 Å². The van der Waals surface area contributed by atoms with E-state index in [1.165, 1.54) is 6.92 Å². The van der Waals surface area contributed by atoms with Crippen LogP contribution in [0.15, 0.2) is 27.6 Å². The first kappa shape index (κ1) is 18.1. The number of carbonyl (C=O) groups excluding carboxylic acids is 3. The summed E-state index contributed by atoms with van der Waals surface area (Å²) in [6.45, 7) is 3.62. The number of hydrogen-bond acceptors (Lipinski definition) is 6. The van der Waals surface area contributed by atoms with Gasteiger partial charge in [0.1, 0.15) is 4.32 Å². The van der Waals surface area contributed by atoms with Gasteiger partial charge in [-0.05, 0) is 32.0 Å². The molecule has 0 aromatic heterocycles. The van der Waals surface area contributed by atoms with Gasteiger partial charge in [-0.25, -0.2) is 0 Å². The van der Waals surface area contributed by atoms with Gasteiger partial charge in [-0.3, -0.25) is 14.5 Å². The molecule has 0 bridgehead atoms. The van der Waals surface area contributed by atoms with Gasteiger partial charge in [0, 0.05) is 16.6 Å². The molecule has 0 radical (unpaired) electrons. The van der Waals surface area contributed by atoms with Crippen LogP contribution < -0.4 is 10.0 Å². The number of fused-ring (bicyclic) bond motifs is 1. The molecule has 2 aliphatic heterocycles. The van der Waals surface area contributed by atoms with Crippen LogP contribution in [0.3, 0.4) is 0 Å². The molecule has 9 heteroatoms. The predicted octanol–water partition coefficient (Wildman–Crippen LogP) is 1.53. The minimum atomic E-state index is -1.40. The molecule has 0 N–H and O–H groups in total. The fraction of sp³-hybridized carbons (Fsp3) is 0.250. The molecule has 0 spiro atoms. The highest BCUT2D eigenvalue weighted by Gasteiger charge is 2.43. The number of amides is 2. The summed E-state index contributed by atoms with van der Waals surface area (Å²) >= 11 is 9.48. The van der Waals surface area contributed by atoms with E-state index in [1.54, 1.807) is 17.0 Å². The number of halogens is 1. The van der Waals surface area contributed by atoms with Crippen LogP contribution in [-0.4, -0.2) is 39.6 Å². The Morgan fingerprint density at radius 1 is 1.36 bits per heavy atom. The second-order valence-corrected chi connectivity index (χ2v) is 8.01. The lowest BCUT2D eigenvalue weighted by atomic mass is 10.1. The first-order chi connectivity index (χ1) is 11.8. The summed E-state index contributed by atoms with van der Waals surface area (Å²) in [6.07, 6.45) is 0. The van der Waals surface area contributed by atoms with E-state index in [-0.39, 0.29) is 20.7 Å². The van der Waals surface area contributed by atoms with Crippen molar-refractivity contribution < 1.29 is 19.5 Å². The standard InChI is InChI=1S/C16H13BrN2O4S2/c1-3-18-10-5-4-8(17)6-9(10)11(13(18)20)12-14(21)19(16(24)25-12)7(2)15(22)23/h4-7H,3H2,1-2H3,(H,22,23)/p-1. The molecule has 2 heterocycles. The van der Waals surface area contributed by atoms with Crippen molar-refractivity contribution >= 4 is 73.3 Å². The van der Waals surface area contributed by atoms with Gasteiger partial charge in [0.15, 0.2) is 0 Å². The number of anilines is 1. The van der Waals surface area contributed by atoms with Crippen molar-refractivity contribution in [2.24, 2.45) is 0 Å². The van der Waals surface area contributed by atoms with Crippen molar-refractivity contribution in [1.29, 1.82) is 0 Å². The number of carboxylic acids is 1. The molecule has 2 aliphatic rings. The number of rotatable bonds is 3. The van der Waals surface area contributed by atoms with Crippen molar-refractivity contribution in [2.45, 2.75) is 19.9 Å². The number of benzene rings is 1. The molecule has 1 saturated heterocycles. The molecule has 130 valence electrons. The van der Waals surface area contributed by atoms with E-state index >= 15 is 0 Å². The Morgan fingerprint density at radius 2 is 2.04 bits per heavy atom. The quantitative estimate of drug-likeness (QED) is 0.524. The summed E-state index contributed by atoms with van der Waals surface area (Å²) in [7, 11) is 0. The Morgan fingerprint density at radius 3 is 2.64 bits per heavy atom. The van der Waals surface area contributed by atoms with Crippen LogP contribution in [0.1, 0.15) is 19.4 Å². The van der Waals surface area contributed by atoms with Crippen molar-refractivity contribution in [3.8, 4) is 0 Å². The highest BCUT2D eigenvalue weighted by atomic mass is 79.9. The number of aliphatic carboxylic acids is 1. The Bertz CT molecular complexity index is 868. The highest BCUT2D eigenvalue weighted by molar-refractivity contribution is 9.10. The largest absolute Gasteiger partial charge is 0.548 e. The van der Waals surface area contributed by atoms with E-state index in [0.29, 0.717) is 17.8 Å². The van der Waals surface area contributed by atoms with Crippen molar-refractivity contribution in [3.63, 3.8) is 0 Å². The molecule has 1 atom stereocenters. The minimum absolute atomic E-state index is 0.100. The Kier molecular flexibility index (Phi) is 4.74. The molecule has 1 aromatic carbocycles. The molecule has 3 rings (SSSR count). The maximum Gasteiger partial charge on any atom is 0.267 e. The number of carbonyl (C=O) groups is 3. The Hall–Kier alpha value is -1.71. The highest BCUT2D eigenvalue weighted by Crippen LogP contribution is 2.45. The molecule has 2 amide bonds. The van der Waals surface area contributed by atoms with Crippen LogP contribution in [0.4, 0.5) is 5.69 Å². The second-order valence-electron chi connectivity index (χ2n) is 5.45. The summed E-state index contributed by atoms with van der Waals surface area (Å²) in [5.74, 6) is -2.28. The van der Waals surface area contributed by atoms with Gasteiger partial charge >= 0.3 is 0 Å². The Balaban J connectivity index is 2.17. The smallest absolute Gasteiger partial charge is 0.267 e. The molecule has 0 saturated carbocycles. The normalized spacial score (nSPS) is 21.2. The van der Waals surface area contributed by atoms with Gasteiger partial charge in [-0.2, -0.15) is 0 Å². The first-order valence-electron chi connectivity index (χ1n) is 7.40. The average Bonchev–Trinajstić information content (AvgIpc) is 2.98. The molecular formula is C16H12BrN2O4S2-. The zero-order valence-electron chi connectivity index (χ0n) is 13.2. The van der Waals surface area contributed by atoms with Gasteiger partial charge in [0.05, 0.1) is 28.2 Å². The topological polar surface area (TPSA) is 80.8 Å².